The van der Waals surface area contributed by atoms with Gasteiger partial charge in [0.25, 0.3) is 11.6 Å². The summed E-state index contributed by atoms with van der Waals surface area (Å²) in [7, 11) is 1.35. The third kappa shape index (κ3) is 3.33. The standard InChI is InChI=1S/C14H13N3O4/c1-9-5-10(8-15-7-9)16-14(18)12-4-3-11(17(19)20)6-13(12)21-2/h3-8H,1-2H3,(H,16,18). The average molecular weight is 287 g/mol. The van der Waals surface area contributed by atoms with Gasteiger partial charge < -0.3 is 10.1 Å². The van der Waals surface area contributed by atoms with Gasteiger partial charge in [-0.2, -0.15) is 0 Å². The number of nitro groups is 1. The second kappa shape index (κ2) is 6.00. The SMILES string of the molecule is COc1cc([N+](=O)[O-])ccc1C(=O)Nc1cncc(C)c1. The van der Waals surface area contributed by atoms with Crippen molar-refractivity contribution in [2.45, 2.75) is 6.92 Å². The molecule has 21 heavy (non-hydrogen) atoms. The molecule has 1 aromatic carbocycles. The second-order valence-corrected chi connectivity index (χ2v) is 4.35. The molecule has 0 aliphatic rings. The number of nitro benzene ring substituents is 1. The number of non-ortho nitro benzene ring substituents is 1. The Balaban J connectivity index is 2.28. The van der Waals surface area contributed by atoms with E-state index in [1.54, 1.807) is 12.3 Å². The largest absolute Gasteiger partial charge is 0.496 e. The number of ether oxygens (including phenoxy) is 1. The molecule has 1 amide bonds. The van der Waals surface area contributed by atoms with Crippen LogP contribution in [0.3, 0.4) is 0 Å². The van der Waals surface area contributed by atoms with Crippen LogP contribution in [0.2, 0.25) is 0 Å². The maximum absolute atomic E-state index is 12.2. The number of nitrogens with zero attached hydrogens (tertiary/aromatic N) is 2. The number of hydrogen-bond donors (Lipinski definition) is 1. The molecule has 0 atom stereocenters. The first-order valence-corrected chi connectivity index (χ1v) is 6.06. The molecule has 0 aliphatic heterocycles. The van der Waals surface area contributed by atoms with Crippen LogP contribution in [0.15, 0.2) is 36.7 Å². The number of hydrogen-bond acceptors (Lipinski definition) is 5. The Morgan fingerprint density at radius 1 is 1.33 bits per heavy atom. The van der Waals surface area contributed by atoms with Crippen LogP contribution in [-0.4, -0.2) is 22.9 Å². The molecule has 1 heterocycles. The molecule has 1 N–H and O–H groups in total. The van der Waals surface area contributed by atoms with Crippen molar-refractivity contribution in [1.82, 2.24) is 4.98 Å². The van der Waals surface area contributed by atoms with Gasteiger partial charge in [0.15, 0.2) is 0 Å². The van der Waals surface area contributed by atoms with Crippen LogP contribution in [0.4, 0.5) is 11.4 Å². The highest BCUT2D eigenvalue weighted by Crippen LogP contribution is 2.25. The number of carbonyl (C=O) groups is 1. The number of nitrogens with one attached hydrogen (secondary N) is 1. The molecule has 0 radical (unpaired) electrons. The lowest BCUT2D eigenvalue weighted by Gasteiger charge is -2.09. The lowest BCUT2D eigenvalue weighted by molar-refractivity contribution is -0.384. The number of carbonyl (C=O) groups excluding carboxylic acids is 1. The van der Waals surface area contributed by atoms with E-state index < -0.39 is 10.8 Å². The fourth-order valence-electron chi connectivity index (χ4n) is 1.80. The summed E-state index contributed by atoms with van der Waals surface area (Å²) in [5.74, 6) is -0.281. The van der Waals surface area contributed by atoms with Gasteiger partial charge in [0.05, 0.1) is 35.5 Å². The Kier molecular flexibility index (Phi) is 4.13. The van der Waals surface area contributed by atoms with E-state index in [1.807, 2.05) is 6.92 Å². The topological polar surface area (TPSA) is 94.4 Å². The first-order chi connectivity index (χ1) is 10.0. The molecule has 0 aliphatic carbocycles. The number of aromatic nitrogens is 1. The van der Waals surface area contributed by atoms with Crippen LogP contribution in [0.1, 0.15) is 15.9 Å². The number of amides is 1. The van der Waals surface area contributed by atoms with Crippen molar-refractivity contribution >= 4 is 17.3 Å². The van der Waals surface area contributed by atoms with Crippen LogP contribution >= 0.6 is 0 Å². The molecule has 7 nitrogen and oxygen atoms in total. The fraction of sp³-hybridized carbons (Fsp3) is 0.143. The highest BCUT2D eigenvalue weighted by Gasteiger charge is 2.17. The normalized spacial score (nSPS) is 10.0. The summed E-state index contributed by atoms with van der Waals surface area (Å²) >= 11 is 0. The van der Waals surface area contributed by atoms with E-state index >= 15 is 0 Å². The minimum absolute atomic E-state index is 0.138. The number of benzene rings is 1. The molecule has 1 aromatic heterocycles. The number of methoxy groups -OCH3 is 1. The summed E-state index contributed by atoms with van der Waals surface area (Å²) in [5, 5.41) is 13.4. The minimum atomic E-state index is -0.547. The van der Waals surface area contributed by atoms with Gasteiger partial charge >= 0.3 is 0 Å². The van der Waals surface area contributed by atoms with Crippen molar-refractivity contribution in [3.63, 3.8) is 0 Å². The van der Waals surface area contributed by atoms with E-state index in [9.17, 15) is 14.9 Å². The third-order valence-electron chi connectivity index (χ3n) is 2.77. The Labute approximate surface area is 120 Å². The molecule has 7 heteroatoms. The van der Waals surface area contributed by atoms with Crippen molar-refractivity contribution in [3.8, 4) is 5.75 Å². The summed E-state index contributed by atoms with van der Waals surface area (Å²) in [6.45, 7) is 1.86. The Bertz CT molecular complexity index is 700. The zero-order valence-electron chi connectivity index (χ0n) is 11.5. The number of aryl methyl sites for hydroxylation is 1. The maximum atomic E-state index is 12.2. The van der Waals surface area contributed by atoms with Crippen molar-refractivity contribution in [2.75, 3.05) is 12.4 Å². The van der Waals surface area contributed by atoms with Crippen LogP contribution in [0, 0.1) is 17.0 Å². The quantitative estimate of drug-likeness (QED) is 0.688. The Morgan fingerprint density at radius 2 is 2.10 bits per heavy atom. The first-order valence-electron chi connectivity index (χ1n) is 6.06. The lowest BCUT2D eigenvalue weighted by Crippen LogP contribution is -2.13. The van der Waals surface area contributed by atoms with Crippen LogP contribution in [0.25, 0.3) is 0 Å². The van der Waals surface area contributed by atoms with E-state index in [4.69, 9.17) is 4.74 Å². The van der Waals surface area contributed by atoms with Gasteiger partial charge in [-0.05, 0) is 24.6 Å². The number of rotatable bonds is 4. The van der Waals surface area contributed by atoms with E-state index in [-0.39, 0.29) is 17.0 Å². The van der Waals surface area contributed by atoms with Gasteiger partial charge in [-0.15, -0.1) is 0 Å². The van der Waals surface area contributed by atoms with Crippen molar-refractivity contribution in [1.29, 1.82) is 0 Å². The molecule has 108 valence electrons. The lowest BCUT2D eigenvalue weighted by atomic mass is 10.1. The van der Waals surface area contributed by atoms with Gasteiger partial charge in [-0.25, -0.2) is 0 Å². The highest BCUT2D eigenvalue weighted by atomic mass is 16.6. The van der Waals surface area contributed by atoms with E-state index in [1.165, 1.54) is 31.5 Å². The number of pyridine rings is 1. The van der Waals surface area contributed by atoms with Crippen molar-refractivity contribution in [3.05, 3.63) is 57.9 Å². The third-order valence-corrected chi connectivity index (χ3v) is 2.77. The van der Waals surface area contributed by atoms with Gasteiger partial charge in [0, 0.05) is 12.3 Å². The van der Waals surface area contributed by atoms with Crippen molar-refractivity contribution in [2.24, 2.45) is 0 Å². The molecule has 0 fully saturated rings. The molecule has 2 rings (SSSR count). The van der Waals surface area contributed by atoms with Crippen LogP contribution in [-0.2, 0) is 0 Å². The predicted molar refractivity (Wildman–Crippen MR) is 76.6 cm³/mol. The zero-order chi connectivity index (χ0) is 15.4. The van der Waals surface area contributed by atoms with Crippen LogP contribution < -0.4 is 10.1 Å². The monoisotopic (exact) mass is 287 g/mol. The summed E-state index contributed by atoms with van der Waals surface area (Å²) in [6.07, 6.45) is 3.19. The molecule has 0 saturated heterocycles. The predicted octanol–water partition coefficient (Wildman–Crippen LogP) is 2.56. The highest BCUT2D eigenvalue weighted by molar-refractivity contribution is 6.06. The smallest absolute Gasteiger partial charge is 0.273 e. The van der Waals surface area contributed by atoms with Crippen molar-refractivity contribution < 1.29 is 14.5 Å². The minimum Gasteiger partial charge on any atom is -0.496 e. The molecule has 0 saturated carbocycles. The van der Waals surface area contributed by atoms with Gasteiger partial charge in [0.2, 0.25) is 0 Å². The number of anilines is 1. The summed E-state index contributed by atoms with van der Waals surface area (Å²) in [6, 6.07) is 5.59. The fourth-order valence-corrected chi connectivity index (χ4v) is 1.80. The molecule has 0 unspecified atom stereocenters. The first kappa shape index (κ1) is 14.4. The maximum Gasteiger partial charge on any atom is 0.273 e. The molecular weight excluding hydrogens is 274 g/mol. The van der Waals surface area contributed by atoms with E-state index in [0.29, 0.717) is 5.69 Å². The Morgan fingerprint density at radius 3 is 2.71 bits per heavy atom. The Hall–Kier alpha value is -2.96. The van der Waals surface area contributed by atoms with Gasteiger partial charge in [-0.1, -0.05) is 0 Å². The van der Waals surface area contributed by atoms with E-state index in [0.717, 1.165) is 5.56 Å². The van der Waals surface area contributed by atoms with Gasteiger partial charge in [0.1, 0.15) is 5.75 Å². The second-order valence-electron chi connectivity index (χ2n) is 4.35. The molecular formula is C14H13N3O4. The van der Waals surface area contributed by atoms with Crippen LogP contribution in [0.5, 0.6) is 5.75 Å². The average Bonchev–Trinajstić information content (AvgIpc) is 2.46. The summed E-state index contributed by atoms with van der Waals surface area (Å²) < 4.78 is 5.04. The summed E-state index contributed by atoms with van der Waals surface area (Å²) in [5.41, 5.74) is 1.52. The summed E-state index contributed by atoms with van der Waals surface area (Å²) in [4.78, 5) is 26.3. The molecule has 0 bridgehead atoms. The molecule has 0 spiro atoms. The zero-order valence-corrected chi connectivity index (χ0v) is 11.5. The van der Waals surface area contributed by atoms with Gasteiger partial charge in [-0.3, -0.25) is 19.9 Å². The molecule has 2 aromatic rings. The van der Waals surface area contributed by atoms with E-state index in [2.05, 4.69) is 10.3 Å².